The van der Waals surface area contributed by atoms with Gasteiger partial charge in [0, 0.05) is 12.8 Å². The van der Waals surface area contributed by atoms with E-state index in [0.29, 0.717) is 12.8 Å². The minimum absolute atomic E-state index is 0.0660. The fourth-order valence-corrected chi connectivity index (χ4v) is 9.64. The van der Waals surface area contributed by atoms with Gasteiger partial charge in [-0.25, -0.2) is 0 Å². The molecule has 0 aliphatic heterocycles. The molecule has 0 amide bonds. The molecule has 0 spiro atoms. The smallest absolute Gasteiger partial charge is 0.306 e. The van der Waals surface area contributed by atoms with Gasteiger partial charge in [-0.15, -0.1) is 0 Å². The second-order valence-corrected chi connectivity index (χ2v) is 22.1. The van der Waals surface area contributed by atoms with Crippen molar-refractivity contribution >= 4 is 11.9 Å². The number of allylic oxidation sites excluding steroid dienone is 18. The molecule has 0 aliphatic carbocycles. The third-order valence-electron chi connectivity index (χ3n) is 14.6. The molecular weight excluding hydrogens is 957 g/mol. The number of carbonyl (C=O) groups excluding carboxylic acids is 2. The Morgan fingerprint density at radius 3 is 0.769 bits per heavy atom. The number of aliphatic hydroxyl groups is 1. The van der Waals surface area contributed by atoms with Gasteiger partial charge in [0.1, 0.15) is 6.61 Å². The molecule has 0 aromatic heterocycles. The average molecular weight is 1080 g/mol. The monoisotopic (exact) mass is 1080 g/mol. The van der Waals surface area contributed by atoms with Crippen molar-refractivity contribution in [3.63, 3.8) is 0 Å². The summed E-state index contributed by atoms with van der Waals surface area (Å²) in [5, 5.41) is 9.70. The SMILES string of the molecule is CC/C=C\C/C=C\C/C=C\C/C=C\C/C=C\CCCCCCCCCCCCCCCCCCCCCC(=O)OC(CO)COC(=O)CCCCCCCCCCCCCCCCCC/C=C\C/C=C\C/C=C\C/C=C\CC. The Morgan fingerprint density at radius 1 is 0.295 bits per heavy atom. The highest BCUT2D eigenvalue weighted by atomic mass is 16.6. The van der Waals surface area contributed by atoms with E-state index in [0.717, 1.165) is 96.3 Å². The minimum Gasteiger partial charge on any atom is -0.462 e. The van der Waals surface area contributed by atoms with E-state index in [9.17, 15) is 14.7 Å². The first kappa shape index (κ1) is 74.6. The second kappa shape index (κ2) is 67.8. The van der Waals surface area contributed by atoms with Crippen LogP contribution in [0.15, 0.2) is 109 Å². The fourth-order valence-electron chi connectivity index (χ4n) is 9.64. The molecule has 0 bridgehead atoms. The van der Waals surface area contributed by atoms with Crippen molar-refractivity contribution in [2.75, 3.05) is 13.2 Å². The van der Waals surface area contributed by atoms with Crippen LogP contribution in [0.4, 0.5) is 0 Å². The number of rotatable bonds is 61. The van der Waals surface area contributed by atoms with Gasteiger partial charge < -0.3 is 14.6 Å². The van der Waals surface area contributed by atoms with E-state index in [2.05, 4.69) is 123 Å². The van der Waals surface area contributed by atoms with Crippen LogP contribution in [0.2, 0.25) is 0 Å². The van der Waals surface area contributed by atoms with Gasteiger partial charge in [-0.1, -0.05) is 322 Å². The zero-order chi connectivity index (χ0) is 56.2. The van der Waals surface area contributed by atoms with Crippen molar-refractivity contribution in [3.05, 3.63) is 109 Å². The summed E-state index contributed by atoms with van der Waals surface area (Å²) in [5.74, 6) is -0.579. The van der Waals surface area contributed by atoms with Gasteiger partial charge >= 0.3 is 11.9 Å². The Hall–Kier alpha value is -3.44. The summed E-state index contributed by atoms with van der Waals surface area (Å²) in [4.78, 5) is 24.6. The van der Waals surface area contributed by atoms with Crippen molar-refractivity contribution in [3.8, 4) is 0 Å². The van der Waals surface area contributed by atoms with Gasteiger partial charge in [-0.3, -0.25) is 9.59 Å². The molecule has 78 heavy (non-hydrogen) atoms. The van der Waals surface area contributed by atoms with Gasteiger partial charge in [-0.05, 0) is 96.3 Å². The molecule has 0 fully saturated rings. The normalized spacial score (nSPS) is 12.9. The molecule has 0 aromatic rings. The van der Waals surface area contributed by atoms with Crippen molar-refractivity contribution < 1.29 is 24.2 Å². The first-order valence-electron chi connectivity index (χ1n) is 33.4. The van der Waals surface area contributed by atoms with Crippen LogP contribution in [0.1, 0.15) is 322 Å². The van der Waals surface area contributed by atoms with Crippen molar-refractivity contribution in [2.24, 2.45) is 0 Å². The fraction of sp³-hybridized carbons (Fsp3) is 0.726. The van der Waals surface area contributed by atoms with Crippen LogP contribution in [0.3, 0.4) is 0 Å². The summed E-state index contributed by atoms with van der Waals surface area (Å²) in [6.07, 6.45) is 98.2. The maximum atomic E-state index is 12.4. The topological polar surface area (TPSA) is 72.8 Å². The van der Waals surface area contributed by atoms with E-state index >= 15 is 0 Å². The van der Waals surface area contributed by atoms with Crippen LogP contribution < -0.4 is 0 Å². The molecule has 0 radical (unpaired) electrons. The number of aliphatic hydroxyl groups excluding tert-OH is 1. The molecule has 5 nitrogen and oxygen atoms in total. The number of hydrogen-bond acceptors (Lipinski definition) is 5. The van der Waals surface area contributed by atoms with Gasteiger partial charge in [0.2, 0.25) is 0 Å². The molecule has 1 N–H and O–H groups in total. The predicted octanol–water partition coefficient (Wildman–Crippen LogP) is 23.2. The van der Waals surface area contributed by atoms with Crippen LogP contribution in [-0.2, 0) is 19.1 Å². The highest BCUT2D eigenvalue weighted by Crippen LogP contribution is 2.18. The van der Waals surface area contributed by atoms with E-state index in [1.165, 1.54) is 199 Å². The lowest BCUT2D eigenvalue weighted by Gasteiger charge is -2.15. The molecule has 0 aromatic carbocycles. The highest BCUT2D eigenvalue weighted by Gasteiger charge is 2.16. The molecular formula is C73H126O5. The number of carbonyl (C=O) groups is 2. The Morgan fingerprint density at radius 2 is 0.513 bits per heavy atom. The summed E-state index contributed by atoms with van der Waals surface area (Å²) in [7, 11) is 0. The van der Waals surface area contributed by atoms with Crippen LogP contribution in [-0.4, -0.2) is 36.4 Å². The molecule has 5 heteroatoms. The molecule has 1 atom stereocenters. The maximum absolute atomic E-state index is 12.4. The molecule has 0 rings (SSSR count). The second-order valence-electron chi connectivity index (χ2n) is 22.1. The number of esters is 2. The zero-order valence-corrected chi connectivity index (χ0v) is 51.4. The van der Waals surface area contributed by atoms with Crippen LogP contribution >= 0.6 is 0 Å². The molecule has 1 unspecified atom stereocenters. The van der Waals surface area contributed by atoms with E-state index in [1.807, 2.05) is 0 Å². The minimum atomic E-state index is -0.776. The molecule has 0 saturated carbocycles. The Kier molecular flexibility index (Phi) is 64.8. The molecule has 0 heterocycles. The number of unbranched alkanes of at least 4 members (excludes halogenated alkanes) is 35. The Labute approximate surface area is 484 Å². The van der Waals surface area contributed by atoms with Gasteiger partial charge in [0.15, 0.2) is 6.10 Å². The predicted molar refractivity (Wildman–Crippen MR) is 343 cm³/mol. The Balaban J connectivity index is 3.44. The van der Waals surface area contributed by atoms with Gasteiger partial charge in [0.05, 0.1) is 6.61 Å². The lowest BCUT2D eigenvalue weighted by Crippen LogP contribution is -2.28. The highest BCUT2D eigenvalue weighted by molar-refractivity contribution is 5.70. The summed E-state index contributed by atoms with van der Waals surface area (Å²) >= 11 is 0. The molecule has 0 saturated heterocycles. The summed E-state index contributed by atoms with van der Waals surface area (Å²) in [6, 6.07) is 0. The standard InChI is InChI=1S/C73H126O5/c1-3-5-7-9-11-13-15-17-19-21-23-25-27-29-31-33-34-35-36-37-38-40-42-44-46-48-50-52-54-56-58-60-62-64-66-68-73(76)78-71(69-74)70-77-72(75)67-65-63-61-59-57-55-53-51-49-47-45-43-41-39-32-30-28-26-24-22-20-18-16-14-12-10-8-6-4-2/h5-8,11-14,17-20,23-26,29,31,71,74H,3-4,9-10,15-16,21-22,27-28,30,32-70H2,1-2H3/b7-5-,8-6-,13-11-,14-12-,19-17-,20-18-,25-23-,26-24-,31-29-. The largest absolute Gasteiger partial charge is 0.462 e. The van der Waals surface area contributed by atoms with Crippen LogP contribution in [0.25, 0.3) is 0 Å². The summed E-state index contributed by atoms with van der Waals surface area (Å²) in [5.41, 5.74) is 0. The van der Waals surface area contributed by atoms with Crippen molar-refractivity contribution in [1.82, 2.24) is 0 Å². The summed E-state index contributed by atoms with van der Waals surface area (Å²) in [6.45, 7) is 3.95. The van der Waals surface area contributed by atoms with E-state index in [1.54, 1.807) is 0 Å². The maximum Gasteiger partial charge on any atom is 0.306 e. The van der Waals surface area contributed by atoms with Crippen molar-refractivity contribution in [1.29, 1.82) is 0 Å². The first-order chi connectivity index (χ1) is 38.6. The zero-order valence-electron chi connectivity index (χ0n) is 51.4. The van der Waals surface area contributed by atoms with Gasteiger partial charge in [-0.2, -0.15) is 0 Å². The van der Waals surface area contributed by atoms with E-state index in [4.69, 9.17) is 9.47 Å². The first-order valence-corrected chi connectivity index (χ1v) is 33.4. The summed E-state index contributed by atoms with van der Waals surface area (Å²) < 4.78 is 10.8. The van der Waals surface area contributed by atoms with Crippen LogP contribution in [0, 0.1) is 0 Å². The van der Waals surface area contributed by atoms with E-state index < -0.39 is 6.10 Å². The number of hydrogen-bond donors (Lipinski definition) is 1. The Bertz CT molecular complexity index is 1510. The van der Waals surface area contributed by atoms with E-state index in [-0.39, 0.29) is 25.2 Å². The van der Waals surface area contributed by atoms with Crippen molar-refractivity contribution in [2.45, 2.75) is 328 Å². The number of ether oxygens (including phenoxy) is 2. The average Bonchev–Trinajstić information content (AvgIpc) is 3.44. The van der Waals surface area contributed by atoms with Gasteiger partial charge in [0.25, 0.3) is 0 Å². The third kappa shape index (κ3) is 65.1. The third-order valence-corrected chi connectivity index (χ3v) is 14.6. The lowest BCUT2D eigenvalue weighted by atomic mass is 10.0. The molecule has 448 valence electrons. The van der Waals surface area contributed by atoms with Crippen LogP contribution in [0.5, 0.6) is 0 Å². The molecule has 0 aliphatic rings. The quantitative estimate of drug-likeness (QED) is 0.0373. The lowest BCUT2D eigenvalue weighted by molar-refractivity contribution is -0.161.